The lowest BCUT2D eigenvalue weighted by molar-refractivity contribution is 0.0951. The zero-order chi connectivity index (χ0) is 15.7. The largest absolute Gasteiger partial charge is 0.335 e. The van der Waals surface area contributed by atoms with Gasteiger partial charge in [0.1, 0.15) is 5.01 Å². The van der Waals surface area contributed by atoms with E-state index in [1.54, 1.807) is 42.6 Å². The number of thiazole rings is 1. The Labute approximate surface area is 128 Å². The van der Waals surface area contributed by atoms with Gasteiger partial charge in [-0.3, -0.25) is 9.59 Å². The molecule has 2 heterocycles. The lowest BCUT2D eigenvalue weighted by atomic mass is 10.2. The number of nitrogens with zero attached hydrogens (tertiary/aromatic N) is 2. The van der Waals surface area contributed by atoms with Crippen molar-refractivity contribution in [2.24, 2.45) is 0 Å². The van der Waals surface area contributed by atoms with Crippen molar-refractivity contribution in [3.05, 3.63) is 74.0 Å². The topological polar surface area (TPSA) is 84.8 Å². The number of carbonyl (C=O) groups excluding carboxylic acids is 1. The van der Waals surface area contributed by atoms with Gasteiger partial charge in [-0.15, -0.1) is 11.3 Å². The average Bonchev–Trinajstić information content (AvgIpc) is 2.94. The maximum Gasteiger partial charge on any atom is 0.335 e. The molecule has 110 valence electrons. The maximum atomic E-state index is 12.5. The molecule has 0 atom stereocenters. The van der Waals surface area contributed by atoms with Gasteiger partial charge >= 0.3 is 5.69 Å². The normalized spacial score (nSPS) is 10.6. The van der Waals surface area contributed by atoms with Gasteiger partial charge in [0.2, 0.25) is 0 Å². The van der Waals surface area contributed by atoms with Gasteiger partial charge in [0.25, 0.3) is 11.5 Å². The molecule has 3 aromatic rings. The third kappa shape index (κ3) is 2.42. The second kappa shape index (κ2) is 5.53. The van der Waals surface area contributed by atoms with Gasteiger partial charge in [-0.1, -0.05) is 18.2 Å². The summed E-state index contributed by atoms with van der Waals surface area (Å²) >= 11 is 1.28. The number of carbonyl (C=O) groups is 1. The van der Waals surface area contributed by atoms with Crippen molar-refractivity contribution in [2.75, 3.05) is 0 Å². The summed E-state index contributed by atoms with van der Waals surface area (Å²) in [5.74, 6) is -0.665. The van der Waals surface area contributed by atoms with Crippen LogP contribution in [-0.4, -0.2) is 20.4 Å². The Bertz CT molecular complexity index is 954. The summed E-state index contributed by atoms with van der Waals surface area (Å²) in [5.41, 5.74) is -0.209. The molecule has 0 aliphatic rings. The van der Waals surface area contributed by atoms with Crippen LogP contribution in [-0.2, 0) is 0 Å². The fourth-order valence-electron chi connectivity index (χ4n) is 2.00. The molecule has 2 aromatic heterocycles. The summed E-state index contributed by atoms with van der Waals surface area (Å²) in [6.07, 6.45) is 1.29. The number of nitrogens with one attached hydrogen (secondary N) is 1. The standard InChI is InChI=1S/C15H11N3O3S/c1-9-8-22-12(17-9)11-7-16-15(21)18(14(11)20)13(19)10-5-3-2-4-6-10/h2-8H,1H3,(H,16,21). The fourth-order valence-corrected chi connectivity index (χ4v) is 2.80. The van der Waals surface area contributed by atoms with E-state index in [0.29, 0.717) is 9.57 Å². The molecule has 3 rings (SSSR count). The summed E-state index contributed by atoms with van der Waals surface area (Å²) in [6, 6.07) is 8.18. The number of aryl methyl sites for hydroxylation is 1. The van der Waals surface area contributed by atoms with E-state index in [2.05, 4.69) is 9.97 Å². The minimum atomic E-state index is -0.768. The summed E-state index contributed by atoms with van der Waals surface area (Å²) in [4.78, 5) is 43.5. The first kappa shape index (κ1) is 14.2. The van der Waals surface area contributed by atoms with Crippen LogP contribution in [0.4, 0.5) is 0 Å². The molecule has 0 saturated carbocycles. The molecule has 1 aromatic carbocycles. The van der Waals surface area contributed by atoms with Gasteiger partial charge in [-0.25, -0.2) is 9.78 Å². The van der Waals surface area contributed by atoms with Crippen molar-refractivity contribution in [3.63, 3.8) is 0 Å². The maximum absolute atomic E-state index is 12.5. The molecule has 0 spiro atoms. The third-order valence-electron chi connectivity index (χ3n) is 3.05. The van der Waals surface area contributed by atoms with E-state index in [-0.39, 0.29) is 11.1 Å². The molecule has 0 aliphatic heterocycles. The second-order valence-electron chi connectivity index (χ2n) is 4.61. The molecule has 0 fully saturated rings. The first-order valence-corrected chi connectivity index (χ1v) is 7.33. The Morgan fingerprint density at radius 1 is 1.23 bits per heavy atom. The van der Waals surface area contributed by atoms with Crippen LogP contribution in [0.3, 0.4) is 0 Å². The molecular weight excluding hydrogens is 302 g/mol. The lowest BCUT2D eigenvalue weighted by Gasteiger charge is -2.04. The highest BCUT2D eigenvalue weighted by Gasteiger charge is 2.18. The molecule has 7 heteroatoms. The van der Waals surface area contributed by atoms with Crippen molar-refractivity contribution in [3.8, 4) is 10.6 Å². The van der Waals surface area contributed by atoms with E-state index in [0.717, 1.165) is 5.69 Å². The van der Waals surface area contributed by atoms with E-state index >= 15 is 0 Å². The first-order chi connectivity index (χ1) is 10.6. The number of hydrogen-bond donors (Lipinski definition) is 1. The van der Waals surface area contributed by atoms with E-state index < -0.39 is 17.2 Å². The highest BCUT2D eigenvalue weighted by Crippen LogP contribution is 2.19. The Kier molecular flexibility index (Phi) is 3.56. The quantitative estimate of drug-likeness (QED) is 0.779. The van der Waals surface area contributed by atoms with E-state index in [9.17, 15) is 14.4 Å². The van der Waals surface area contributed by atoms with Gasteiger partial charge in [0, 0.05) is 22.8 Å². The van der Waals surface area contributed by atoms with Crippen molar-refractivity contribution >= 4 is 17.2 Å². The number of aromatic nitrogens is 3. The molecule has 0 amide bonds. The SMILES string of the molecule is Cc1csc(-c2c[nH]c(=O)n(C(=O)c3ccccc3)c2=O)n1. The number of hydrogen-bond acceptors (Lipinski definition) is 5. The van der Waals surface area contributed by atoms with Gasteiger partial charge in [-0.05, 0) is 19.1 Å². The Balaban J connectivity index is 2.19. The molecule has 1 N–H and O–H groups in total. The molecular formula is C15H11N3O3S. The smallest absolute Gasteiger partial charge is 0.313 e. The minimum Gasteiger partial charge on any atom is -0.313 e. The monoisotopic (exact) mass is 313 g/mol. The van der Waals surface area contributed by atoms with Crippen LogP contribution in [0.5, 0.6) is 0 Å². The molecule has 0 radical (unpaired) electrons. The summed E-state index contributed by atoms with van der Waals surface area (Å²) in [6.45, 7) is 1.80. The van der Waals surface area contributed by atoms with Gasteiger partial charge in [0.15, 0.2) is 0 Å². The van der Waals surface area contributed by atoms with Crippen molar-refractivity contribution in [1.29, 1.82) is 0 Å². The van der Waals surface area contributed by atoms with Crippen LogP contribution < -0.4 is 11.2 Å². The molecule has 0 aliphatic carbocycles. The van der Waals surface area contributed by atoms with E-state index in [1.165, 1.54) is 17.5 Å². The van der Waals surface area contributed by atoms with Crippen molar-refractivity contribution in [1.82, 2.24) is 14.5 Å². The molecule has 22 heavy (non-hydrogen) atoms. The van der Waals surface area contributed by atoms with Crippen LogP contribution in [0.15, 0.2) is 51.5 Å². The summed E-state index contributed by atoms with van der Waals surface area (Å²) < 4.78 is 0.599. The van der Waals surface area contributed by atoms with Crippen LogP contribution in [0.2, 0.25) is 0 Å². The predicted molar refractivity (Wildman–Crippen MR) is 83.3 cm³/mol. The van der Waals surface area contributed by atoms with Crippen LogP contribution in [0.1, 0.15) is 16.1 Å². The molecule has 0 unspecified atom stereocenters. The number of rotatable bonds is 2. The van der Waals surface area contributed by atoms with E-state index in [4.69, 9.17) is 0 Å². The van der Waals surface area contributed by atoms with Crippen LogP contribution in [0, 0.1) is 6.92 Å². The second-order valence-corrected chi connectivity index (χ2v) is 5.47. The van der Waals surface area contributed by atoms with Gasteiger partial charge in [0.05, 0.1) is 5.56 Å². The first-order valence-electron chi connectivity index (χ1n) is 6.45. The van der Waals surface area contributed by atoms with Crippen molar-refractivity contribution < 1.29 is 4.79 Å². The zero-order valence-corrected chi connectivity index (χ0v) is 12.4. The average molecular weight is 313 g/mol. The van der Waals surface area contributed by atoms with Crippen LogP contribution >= 0.6 is 11.3 Å². The zero-order valence-electron chi connectivity index (χ0n) is 11.6. The van der Waals surface area contributed by atoms with Gasteiger partial charge < -0.3 is 4.98 Å². The third-order valence-corrected chi connectivity index (χ3v) is 4.04. The Hall–Kier alpha value is -2.80. The lowest BCUT2D eigenvalue weighted by Crippen LogP contribution is -2.40. The van der Waals surface area contributed by atoms with Crippen LogP contribution in [0.25, 0.3) is 10.6 Å². The summed E-state index contributed by atoms with van der Waals surface area (Å²) in [7, 11) is 0. The van der Waals surface area contributed by atoms with Crippen molar-refractivity contribution in [2.45, 2.75) is 6.92 Å². The molecule has 0 bridgehead atoms. The Morgan fingerprint density at radius 3 is 2.59 bits per heavy atom. The number of H-pyrrole nitrogens is 1. The number of aromatic amines is 1. The summed E-state index contributed by atoms with van der Waals surface area (Å²) in [5, 5.41) is 2.26. The molecule has 6 nitrogen and oxygen atoms in total. The highest BCUT2D eigenvalue weighted by molar-refractivity contribution is 7.13. The number of benzene rings is 1. The van der Waals surface area contributed by atoms with E-state index in [1.807, 2.05) is 0 Å². The predicted octanol–water partition coefficient (Wildman–Crippen LogP) is 1.66. The Morgan fingerprint density at radius 2 is 1.95 bits per heavy atom. The minimum absolute atomic E-state index is 0.196. The molecule has 0 saturated heterocycles. The fraction of sp³-hybridized carbons (Fsp3) is 0.0667. The van der Waals surface area contributed by atoms with Gasteiger partial charge in [-0.2, -0.15) is 4.57 Å². The highest BCUT2D eigenvalue weighted by atomic mass is 32.1.